The van der Waals surface area contributed by atoms with Crippen molar-refractivity contribution in [3.63, 3.8) is 0 Å². The van der Waals surface area contributed by atoms with E-state index >= 15 is 0 Å². The van der Waals surface area contributed by atoms with E-state index in [0.717, 1.165) is 53.7 Å². The van der Waals surface area contributed by atoms with Crippen LogP contribution in [0.3, 0.4) is 0 Å². The Kier molecular flexibility index (Phi) is 4.38. The largest absolute Gasteiger partial charge is 0.392 e. The topological polar surface area (TPSA) is 40.5 Å². The average molecular weight is 323 g/mol. The van der Waals surface area contributed by atoms with Gasteiger partial charge in [-0.05, 0) is 66.6 Å². The summed E-state index contributed by atoms with van der Waals surface area (Å²) >= 11 is 0. The van der Waals surface area contributed by atoms with Crippen LogP contribution in [0.5, 0.6) is 0 Å². The lowest BCUT2D eigenvalue weighted by atomic mass is 9.89. The fourth-order valence-corrected chi connectivity index (χ4v) is 3.88. The molecule has 1 unspecified atom stereocenters. The lowest BCUT2D eigenvalue weighted by molar-refractivity contribution is 0.0815. The van der Waals surface area contributed by atoms with E-state index in [2.05, 4.69) is 4.90 Å². The van der Waals surface area contributed by atoms with Gasteiger partial charge in [-0.15, -0.1) is 0 Å². The summed E-state index contributed by atoms with van der Waals surface area (Å²) in [5.74, 6) is 1.33. The van der Waals surface area contributed by atoms with Gasteiger partial charge in [0.05, 0.1) is 6.61 Å². The molecule has 4 rings (SSSR count). The van der Waals surface area contributed by atoms with Gasteiger partial charge in [0.2, 0.25) is 0 Å². The average Bonchev–Trinajstić information content (AvgIpc) is 3.44. The zero-order valence-corrected chi connectivity index (χ0v) is 14.1. The molecule has 0 bridgehead atoms. The second kappa shape index (κ2) is 6.66. The van der Waals surface area contributed by atoms with Gasteiger partial charge >= 0.3 is 0 Å². The molecule has 2 aromatic carbocycles. The summed E-state index contributed by atoms with van der Waals surface area (Å²) in [6, 6.07) is 11.9. The number of Topliss-reactive ketones (excluding diaryl/α,β-unsaturated/α-hetero) is 1. The van der Waals surface area contributed by atoms with Crippen LogP contribution >= 0.6 is 0 Å². The summed E-state index contributed by atoms with van der Waals surface area (Å²) in [7, 11) is 0. The second-order valence-electron chi connectivity index (χ2n) is 7.46. The summed E-state index contributed by atoms with van der Waals surface area (Å²) < 4.78 is 0. The van der Waals surface area contributed by atoms with Gasteiger partial charge in [-0.2, -0.15) is 0 Å². The number of aliphatic hydroxyl groups is 1. The molecule has 1 N–H and O–H groups in total. The first-order valence-electron chi connectivity index (χ1n) is 9.13. The third kappa shape index (κ3) is 3.38. The highest BCUT2D eigenvalue weighted by molar-refractivity contribution is 6.01. The molecule has 2 fully saturated rings. The predicted octanol–water partition coefficient (Wildman–Crippen LogP) is 3.64. The number of rotatable bonds is 5. The van der Waals surface area contributed by atoms with Crippen molar-refractivity contribution in [2.24, 2.45) is 11.8 Å². The van der Waals surface area contributed by atoms with Crippen molar-refractivity contribution in [3.8, 4) is 0 Å². The molecule has 0 amide bonds. The van der Waals surface area contributed by atoms with Crippen LogP contribution in [0.4, 0.5) is 0 Å². The fourth-order valence-electron chi connectivity index (χ4n) is 3.88. The number of fused-ring (bicyclic) bond motifs is 1. The van der Waals surface area contributed by atoms with E-state index in [1.54, 1.807) is 0 Å². The Bertz CT molecular complexity index is 751. The molecule has 1 aliphatic carbocycles. The van der Waals surface area contributed by atoms with Crippen LogP contribution in [0.1, 0.15) is 41.6 Å². The van der Waals surface area contributed by atoms with Gasteiger partial charge in [-0.3, -0.25) is 4.79 Å². The van der Waals surface area contributed by atoms with E-state index in [9.17, 15) is 9.90 Å². The zero-order chi connectivity index (χ0) is 16.5. The SMILES string of the molecule is O=C(c1ccc2cc(CO)ccc2c1)C1CCCN(CC2CC2)C1. The molecule has 3 heteroatoms. The fraction of sp³-hybridized carbons (Fsp3) is 0.476. The van der Waals surface area contributed by atoms with Crippen molar-refractivity contribution < 1.29 is 9.90 Å². The Morgan fingerprint density at radius 1 is 1.08 bits per heavy atom. The van der Waals surface area contributed by atoms with Crippen LogP contribution in [-0.4, -0.2) is 35.4 Å². The van der Waals surface area contributed by atoms with Crippen molar-refractivity contribution in [2.75, 3.05) is 19.6 Å². The van der Waals surface area contributed by atoms with Crippen molar-refractivity contribution in [1.29, 1.82) is 0 Å². The number of nitrogens with zero attached hydrogens (tertiary/aromatic N) is 1. The Balaban J connectivity index is 1.51. The Labute approximate surface area is 143 Å². The molecule has 3 nitrogen and oxygen atoms in total. The number of piperidine rings is 1. The van der Waals surface area contributed by atoms with E-state index in [1.165, 1.54) is 19.4 Å². The van der Waals surface area contributed by atoms with Crippen molar-refractivity contribution in [1.82, 2.24) is 4.90 Å². The molecule has 0 radical (unpaired) electrons. The standard InChI is InChI=1S/C21H25NO2/c23-14-16-5-6-18-11-19(8-7-17(18)10-16)21(24)20-2-1-9-22(13-20)12-15-3-4-15/h5-8,10-11,15,20,23H,1-4,9,12-14H2. The maximum absolute atomic E-state index is 12.9. The third-order valence-corrected chi connectivity index (χ3v) is 5.46. The molecular weight excluding hydrogens is 298 g/mol. The van der Waals surface area contributed by atoms with Gasteiger partial charge in [-0.25, -0.2) is 0 Å². The number of hydrogen-bond acceptors (Lipinski definition) is 3. The molecule has 24 heavy (non-hydrogen) atoms. The molecule has 0 spiro atoms. The molecule has 2 aromatic rings. The van der Waals surface area contributed by atoms with Gasteiger partial charge in [0.15, 0.2) is 5.78 Å². The monoisotopic (exact) mass is 323 g/mol. The van der Waals surface area contributed by atoms with E-state index in [1.807, 2.05) is 36.4 Å². The van der Waals surface area contributed by atoms with Crippen molar-refractivity contribution in [3.05, 3.63) is 47.5 Å². The number of hydrogen-bond donors (Lipinski definition) is 1. The maximum atomic E-state index is 12.9. The van der Waals surface area contributed by atoms with Gasteiger partial charge in [0.25, 0.3) is 0 Å². The van der Waals surface area contributed by atoms with Crippen molar-refractivity contribution in [2.45, 2.75) is 32.3 Å². The van der Waals surface area contributed by atoms with E-state index in [0.29, 0.717) is 5.78 Å². The number of carbonyl (C=O) groups is 1. The Hall–Kier alpha value is -1.71. The first-order valence-corrected chi connectivity index (χ1v) is 9.13. The molecular formula is C21H25NO2. The van der Waals surface area contributed by atoms with Gasteiger partial charge in [0.1, 0.15) is 0 Å². The lowest BCUT2D eigenvalue weighted by Gasteiger charge is -2.32. The molecule has 1 aliphatic heterocycles. The Morgan fingerprint density at radius 2 is 1.88 bits per heavy atom. The quantitative estimate of drug-likeness (QED) is 0.854. The highest BCUT2D eigenvalue weighted by atomic mass is 16.3. The first-order chi connectivity index (χ1) is 11.7. The zero-order valence-electron chi connectivity index (χ0n) is 14.1. The molecule has 1 saturated carbocycles. The van der Waals surface area contributed by atoms with Gasteiger partial charge in [0, 0.05) is 24.6 Å². The predicted molar refractivity (Wildman–Crippen MR) is 96.1 cm³/mol. The van der Waals surface area contributed by atoms with Gasteiger partial charge in [-0.1, -0.05) is 24.3 Å². The smallest absolute Gasteiger partial charge is 0.167 e. The number of likely N-dealkylation sites (tertiary alicyclic amines) is 1. The Morgan fingerprint density at radius 3 is 2.67 bits per heavy atom. The van der Waals surface area contributed by atoms with Crippen LogP contribution < -0.4 is 0 Å². The van der Waals surface area contributed by atoms with Crippen molar-refractivity contribution >= 4 is 16.6 Å². The van der Waals surface area contributed by atoms with Crippen LogP contribution in [0, 0.1) is 11.8 Å². The highest BCUT2D eigenvalue weighted by Crippen LogP contribution is 2.32. The first kappa shape index (κ1) is 15.8. The molecule has 1 saturated heterocycles. The minimum absolute atomic E-state index is 0.0511. The molecule has 0 aromatic heterocycles. The number of aliphatic hydroxyl groups excluding tert-OH is 1. The molecule has 126 valence electrons. The minimum atomic E-state index is 0.0511. The summed E-state index contributed by atoms with van der Waals surface area (Å²) in [5, 5.41) is 11.4. The molecule has 1 heterocycles. The molecule has 1 atom stereocenters. The summed E-state index contributed by atoms with van der Waals surface area (Å²) in [5.41, 5.74) is 1.74. The van der Waals surface area contributed by atoms with Crippen LogP contribution in [0.15, 0.2) is 36.4 Å². The highest BCUT2D eigenvalue weighted by Gasteiger charge is 2.30. The third-order valence-electron chi connectivity index (χ3n) is 5.46. The number of benzene rings is 2. The maximum Gasteiger partial charge on any atom is 0.167 e. The van der Waals surface area contributed by atoms with Crippen LogP contribution in [-0.2, 0) is 6.61 Å². The van der Waals surface area contributed by atoms with Gasteiger partial charge < -0.3 is 10.0 Å². The minimum Gasteiger partial charge on any atom is -0.392 e. The van der Waals surface area contributed by atoms with Crippen LogP contribution in [0.2, 0.25) is 0 Å². The normalized spacial score (nSPS) is 22.0. The second-order valence-corrected chi connectivity index (χ2v) is 7.46. The van der Waals surface area contributed by atoms with E-state index in [-0.39, 0.29) is 12.5 Å². The summed E-state index contributed by atoms with van der Waals surface area (Å²) in [6.45, 7) is 3.32. The molecule has 2 aliphatic rings. The van der Waals surface area contributed by atoms with Crippen LogP contribution in [0.25, 0.3) is 10.8 Å². The van der Waals surface area contributed by atoms with E-state index in [4.69, 9.17) is 0 Å². The van der Waals surface area contributed by atoms with E-state index < -0.39 is 0 Å². The lowest BCUT2D eigenvalue weighted by Crippen LogP contribution is -2.39. The number of ketones is 1. The number of carbonyl (C=O) groups excluding carboxylic acids is 1. The summed E-state index contributed by atoms with van der Waals surface area (Å²) in [6.07, 6.45) is 4.89. The summed E-state index contributed by atoms with van der Waals surface area (Å²) in [4.78, 5) is 15.4.